The van der Waals surface area contributed by atoms with Gasteiger partial charge in [-0.2, -0.15) is 8.42 Å². The quantitative estimate of drug-likeness (QED) is 0.597. The highest BCUT2D eigenvalue weighted by Gasteiger charge is 2.40. The third kappa shape index (κ3) is 6.05. The van der Waals surface area contributed by atoms with E-state index in [0.717, 1.165) is 18.4 Å². The molecule has 2 saturated heterocycles. The number of ether oxygens (including phenoxy) is 1. The highest BCUT2D eigenvalue weighted by molar-refractivity contribution is 7.85. The number of aliphatic hydroxyl groups is 1. The van der Waals surface area contributed by atoms with Crippen LogP contribution in [0.15, 0.2) is 30.3 Å². The van der Waals surface area contributed by atoms with Crippen LogP contribution in [0.5, 0.6) is 0 Å². The highest BCUT2D eigenvalue weighted by Crippen LogP contribution is 2.36. The Kier molecular flexibility index (Phi) is 7.16. The van der Waals surface area contributed by atoms with Gasteiger partial charge in [0, 0.05) is 12.1 Å². The van der Waals surface area contributed by atoms with Gasteiger partial charge >= 0.3 is 5.97 Å². The SMILES string of the molecule is CN1[C@@H]2CC[C@H]1CC(OC(=O)C(CO)c1ccccc1)C2.CS(=O)(=O)O. The van der Waals surface area contributed by atoms with Crippen LogP contribution >= 0.6 is 0 Å². The Morgan fingerprint density at radius 1 is 1.23 bits per heavy atom. The minimum Gasteiger partial charge on any atom is -0.462 e. The lowest BCUT2D eigenvalue weighted by atomic mass is 9.98. The van der Waals surface area contributed by atoms with Crippen LogP contribution in [-0.4, -0.2) is 67.0 Å². The largest absolute Gasteiger partial charge is 0.462 e. The molecule has 7 nitrogen and oxygen atoms in total. The highest BCUT2D eigenvalue weighted by atomic mass is 32.2. The average molecular weight is 385 g/mol. The summed E-state index contributed by atoms with van der Waals surface area (Å²) in [6.07, 6.45) is 4.97. The van der Waals surface area contributed by atoms with E-state index in [-0.39, 0.29) is 18.7 Å². The van der Waals surface area contributed by atoms with Gasteiger partial charge in [0.05, 0.1) is 12.9 Å². The van der Waals surface area contributed by atoms with E-state index in [1.165, 1.54) is 12.8 Å². The summed E-state index contributed by atoms with van der Waals surface area (Å²) in [6.45, 7) is -0.206. The first-order chi connectivity index (χ1) is 12.2. The van der Waals surface area contributed by atoms with Gasteiger partial charge in [-0.3, -0.25) is 9.35 Å². The van der Waals surface area contributed by atoms with Crippen LogP contribution in [0.4, 0.5) is 0 Å². The van der Waals surface area contributed by atoms with Crippen molar-refractivity contribution in [2.45, 2.75) is 49.8 Å². The smallest absolute Gasteiger partial charge is 0.316 e. The zero-order valence-electron chi connectivity index (χ0n) is 15.1. The lowest BCUT2D eigenvalue weighted by Crippen LogP contribution is -2.43. The first kappa shape index (κ1) is 20.8. The van der Waals surface area contributed by atoms with E-state index in [4.69, 9.17) is 9.29 Å². The van der Waals surface area contributed by atoms with Crippen molar-refractivity contribution in [3.05, 3.63) is 35.9 Å². The van der Waals surface area contributed by atoms with Gasteiger partial charge in [0.2, 0.25) is 0 Å². The van der Waals surface area contributed by atoms with Crippen molar-refractivity contribution in [2.24, 2.45) is 0 Å². The maximum absolute atomic E-state index is 12.4. The predicted octanol–water partition coefficient (Wildman–Crippen LogP) is 1.43. The summed E-state index contributed by atoms with van der Waals surface area (Å²) < 4.78 is 31.6. The number of fused-ring (bicyclic) bond motifs is 2. The first-order valence-electron chi connectivity index (χ1n) is 8.69. The summed E-state index contributed by atoms with van der Waals surface area (Å²) >= 11 is 0. The molecule has 4 atom stereocenters. The van der Waals surface area contributed by atoms with Crippen molar-refractivity contribution in [3.63, 3.8) is 0 Å². The molecule has 0 spiro atoms. The molecule has 2 aliphatic heterocycles. The van der Waals surface area contributed by atoms with Crippen LogP contribution in [0.3, 0.4) is 0 Å². The first-order valence-corrected chi connectivity index (χ1v) is 10.5. The summed E-state index contributed by atoms with van der Waals surface area (Å²) in [4.78, 5) is 14.8. The minimum absolute atomic E-state index is 0.00367. The van der Waals surface area contributed by atoms with Gasteiger partial charge in [-0.25, -0.2) is 0 Å². The molecule has 2 fully saturated rings. The number of benzene rings is 1. The second kappa shape index (κ2) is 8.94. The minimum atomic E-state index is -3.67. The Labute approximate surface area is 154 Å². The number of hydrogen-bond donors (Lipinski definition) is 2. The third-order valence-corrected chi connectivity index (χ3v) is 5.01. The van der Waals surface area contributed by atoms with Crippen LogP contribution in [0, 0.1) is 0 Å². The van der Waals surface area contributed by atoms with E-state index in [0.29, 0.717) is 18.3 Å². The van der Waals surface area contributed by atoms with E-state index in [1.54, 1.807) is 0 Å². The molecule has 0 saturated carbocycles. The molecule has 8 heteroatoms. The molecule has 1 aromatic carbocycles. The van der Waals surface area contributed by atoms with Crippen molar-refractivity contribution in [2.75, 3.05) is 19.9 Å². The van der Waals surface area contributed by atoms with Crippen molar-refractivity contribution in [1.29, 1.82) is 0 Å². The lowest BCUT2D eigenvalue weighted by Gasteiger charge is -2.36. The number of carbonyl (C=O) groups excluding carboxylic acids is 1. The maximum atomic E-state index is 12.4. The molecule has 26 heavy (non-hydrogen) atoms. The molecule has 2 aliphatic rings. The molecule has 0 amide bonds. The van der Waals surface area contributed by atoms with Crippen LogP contribution in [0.2, 0.25) is 0 Å². The summed E-state index contributed by atoms with van der Waals surface area (Å²) in [5, 5.41) is 9.53. The molecular formula is C18H27NO6S. The van der Waals surface area contributed by atoms with Crippen LogP contribution in [0.1, 0.15) is 37.2 Å². The number of nitrogens with zero attached hydrogens (tertiary/aromatic N) is 1. The molecule has 2 N–H and O–H groups in total. The molecule has 2 bridgehead atoms. The molecule has 0 aliphatic carbocycles. The second-order valence-corrected chi connectivity index (χ2v) is 8.43. The molecule has 1 aromatic rings. The molecule has 2 heterocycles. The van der Waals surface area contributed by atoms with E-state index in [2.05, 4.69) is 11.9 Å². The molecule has 146 valence electrons. The van der Waals surface area contributed by atoms with Crippen molar-refractivity contribution >= 4 is 16.1 Å². The molecule has 0 aromatic heterocycles. The summed E-state index contributed by atoms with van der Waals surface area (Å²) in [7, 11) is -1.50. The zero-order valence-corrected chi connectivity index (χ0v) is 15.9. The average Bonchev–Trinajstić information content (AvgIpc) is 2.77. The van der Waals surface area contributed by atoms with Crippen LogP contribution in [-0.2, 0) is 19.6 Å². The fourth-order valence-corrected chi connectivity index (χ4v) is 3.71. The van der Waals surface area contributed by atoms with Gasteiger partial charge in [-0.1, -0.05) is 30.3 Å². The Morgan fingerprint density at radius 2 is 1.73 bits per heavy atom. The van der Waals surface area contributed by atoms with Gasteiger partial charge in [-0.05, 0) is 38.3 Å². The molecule has 3 rings (SSSR count). The number of aliphatic hydroxyl groups excluding tert-OH is 1. The molecular weight excluding hydrogens is 358 g/mol. The Balaban J connectivity index is 0.000000431. The predicted molar refractivity (Wildman–Crippen MR) is 97.4 cm³/mol. The molecule has 2 unspecified atom stereocenters. The standard InChI is InChI=1S/C17H23NO3.CH4O3S/c1-18-13-7-8-14(18)10-15(9-13)21-17(20)16(11-19)12-5-3-2-4-6-12;1-5(2,3)4/h2-6,13-16,19H,7-11H2,1H3;1H3,(H,2,3,4)/t13-,14+,15?,16?;. The number of esters is 1. The number of carbonyl (C=O) groups is 1. The van der Waals surface area contributed by atoms with E-state index in [1.807, 2.05) is 30.3 Å². The zero-order chi connectivity index (χ0) is 19.3. The number of piperidine rings is 1. The van der Waals surface area contributed by atoms with Crippen molar-refractivity contribution < 1.29 is 27.6 Å². The van der Waals surface area contributed by atoms with Gasteiger partial charge in [0.15, 0.2) is 0 Å². The van der Waals surface area contributed by atoms with E-state index in [9.17, 15) is 18.3 Å². The van der Waals surface area contributed by atoms with Gasteiger partial charge in [0.1, 0.15) is 12.0 Å². The monoisotopic (exact) mass is 385 g/mol. The fourth-order valence-electron chi connectivity index (χ4n) is 3.71. The van der Waals surface area contributed by atoms with E-state index < -0.39 is 16.0 Å². The normalized spacial score (nSPS) is 26.5. The Bertz CT molecular complexity index is 671. The summed E-state index contributed by atoms with van der Waals surface area (Å²) in [6, 6.07) is 10.5. The fraction of sp³-hybridized carbons (Fsp3) is 0.611. The summed E-state index contributed by atoms with van der Waals surface area (Å²) in [5.74, 6) is -0.860. The lowest BCUT2D eigenvalue weighted by molar-refractivity contribution is -0.155. The number of rotatable bonds is 4. The van der Waals surface area contributed by atoms with Crippen LogP contribution in [0.25, 0.3) is 0 Å². The Morgan fingerprint density at radius 3 is 2.19 bits per heavy atom. The maximum Gasteiger partial charge on any atom is 0.316 e. The summed E-state index contributed by atoms with van der Waals surface area (Å²) in [5.41, 5.74) is 0.820. The second-order valence-electron chi connectivity index (χ2n) is 6.96. The Hall–Kier alpha value is -1.48. The van der Waals surface area contributed by atoms with Crippen molar-refractivity contribution in [1.82, 2.24) is 4.90 Å². The van der Waals surface area contributed by atoms with Gasteiger partial charge < -0.3 is 14.7 Å². The van der Waals surface area contributed by atoms with Crippen LogP contribution < -0.4 is 0 Å². The number of hydrogen-bond acceptors (Lipinski definition) is 6. The van der Waals surface area contributed by atoms with E-state index >= 15 is 0 Å². The van der Waals surface area contributed by atoms with Crippen molar-refractivity contribution in [3.8, 4) is 0 Å². The topological polar surface area (TPSA) is 104 Å². The third-order valence-electron chi connectivity index (χ3n) is 5.01. The van der Waals surface area contributed by atoms with Gasteiger partial charge in [-0.15, -0.1) is 0 Å². The van der Waals surface area contributed by atoms with Gasteiger partial charge in [0.25, 0.3) is 10.1 Å². The molecule has 0 radical (unpaired) electrons.